The van der Waals surface area contributed by atoms with Gasteiger partial charge in [0, 0.05) is 13.0 Å². The van der Waals surface area contributed by atoms with Crippen LogP contribution in [0.2, 0.25) is 0 Å². The Morgan fingerprint density at radius 1 is 1.22 bits per heavy atom. The molecule has 0 saturated heterocycles. The predicted octanol–water partition coefficient (Wildman–Crippen LogP) is 2.06. The molecule has 6 heteroatoms. The molecule has 0 aliphatic heterocycles. The third-order valence-electron chi connectivity index (χ3n) is 3.54. The first-order valence-electron chi connectivity index (χ1n) is 7.40. The zero-order chi connectivity index (χ0) is 16.8. The van der Waals surface area contributed by atoms with Gasteiger partial charge in [-0.1, -0.05) is 19.1 Å². The van der Waals surface area contributed by atoms with E-state index in [2.05, 4.69) is 5.32 Å². The van der Waals surface area contributed by atoms with Gasteiger partial charge >= 0.3 is 0 Å². The van der Waals surface area contributed by atoms with Gasteiger partial charge in [0.25, 0.3) is 5.91 Å². The Morgan fingerprint density at radius 2 is 1.91 bits per heavy atom. The largest absolute Gasteiger partial charge is 0.456 e. The topological polar surface area (TPSA) is 85.3 Å². The molecule has 0 aliphatic carbocycles. The van der Waals surface area contributed by atoms with Gasteiger partial charge in [0.2, 0.25) is 5.91 Å². The number of furan rings is 1. The summed E-state index contributed by atoms with van der Waals surface area (Å²) in [5.41, 5.74) is 6.15. The van der Waals surface area contributed by atoms with Gasteiger partial charge in [0.05, 0.1) is 5.92 Å². The highest BCUT2D eigenvalue weighted by molar-refractivity contribution is 5.91. The fourth-order valence-corrected chi connectivity index (χ4v) is 2.17. The van der Waals surface area contributed by atoms with Crippen molar-refractivity contribution in [3.05, 3.63) is 59.3 Å². The lowest BCUT2D eigenvalue weighted by atomic mass is 9.98. The smallest absolute Gasteiger partial charge is 0.287 e. The quantitative estimate of drug-likeness (QED) is 0.819. The molecule has 2 rings (SSSR count). The Morgan fingerprint density at radius 3 is 2.48 bits per heavy atom. The van der Waals surface area contributed by atoms with Crippen LogP contribution in [0.4, 0.5) is 4.39 Å². The van der Waals surface area contributed by atoms with Gasteiger partial charge in [-0.3, -0.25) is 9.59 Å². The van der Waals surface area contributed by atoms with Gasteiger partial charge in [-0.15, -0.1) is 0 Å². The molecular weight excluding hydrogens is 299 g/mol. The second-order valence-corrected chi connectivity index (χ2v) is 5.26. The molecule has 0 bridgehead atoms. The first-order valence-corrected chi connectivity index (χ1v) is 7.40. The van der Waals surface area contributed by atoms with Gasteiger partial charge in [-0.05, 0) is 36.2 Å². The van der Waals surface area contributed by atoms with Crippen LogP contribution in [-0.2, 0) is 17.6 Å². The van der Waals surface area contributed by atoms with Gasteiger partial charge in [0.1, 0.15) is 11.6 Å². The summed E-state index contributed by atoms with van der Waals surface area (Å²) in [7, 11) is 0. The molecular formula is C17H19FN2O3. The number of nitrogens with two attached hydrogens (primary N) is 1. The monoisotopic (exact) mass is 318 g/mol. The molecule has 1 aromatic carbocycles. The van der Waals surface area contributed by atoms with Gasteiger partial charge in [-0.2, -0.15) is 0 Å². The van der Waals surface area contributed by atoms with Crippen LogP contribution in [0.25, 0.3) is 0 Å². The van der Waals surface area contributed by atoms with Crippen molar-refractivity contribution in [2.24, 2.45) is 11.7 Å². The average Bonchev–Trinajstić information content (AvgIpc) is 3.01. The summed E-state index contributed by atoms with van der Waals surface area (Å²) in [6.45, 7) is 2.01. The van der Waals surface area contributed by atoms with Gasteiger partial charge < -0.3 is 15.5 Å². The summed E-state index contributed by atoms with van der Waals surface area (Å²) in [6, 6.07) is 9.15. The Labute approximate surface area is 133 Å². The van der Waals surface area contributed by atoms with Crippen LogP contribution in [-0.4, -0.2) is 18.4 Å². The van der Waals surface area contributed by atoms with Crippen molar-refractivity contribution in [1.82, 2.24) is 5.32 Å². The number of halogens is 1. The van der Waals surface area contributed by atoms with E-state index >= 15 is 0 Å². The van der Waals surface area contributed by atoms with Crippen molar-refractivity contribution in [2.45, 2.75) is 19.8 Å². The summed E-state index contributed by atoms with van der Waals surface area (Å²) in [5, 5.41) is 2.64. The average molecular weight is 318 g/mol. The molecule has 0 spiro atoms. The fourth-order valence-electron chi connectivity index (χ4n) is 2.17. The van der Waals surface area contributed by atoms with Crippen molar-refractivity contribution < 1.29 is 18.4 Å². The Bertz CT molecular complexity index is 679. The lowest BCUT2D eigenvalue weighted by Gasteiger charge is -2.14. The summed E-state index contributed by atoms with van der Waals surface area (Å²) < 4.78 is 18.2. The standard InChI is InChI=1S/C17H19FN2O3/c1-2-14-7-8-15(23-14)17(22)20-10-12(16(19)21)9-11-3-5-13(18)6-4-11/h3-8,12H,2,9-10H2,1H3,(H2,19,21)(H,20,22)/t12-/m0/s1. The number of carbonyl (C=O) groups is 2. The van der Waals surface area contributed by atoms with Crippen LogP contribution in [0, 0.1) is 11.7 Å². The highest BCUT2D eigenvalue weighted by atomic mass is 19.1. The molecule has 5 nitrogen and oxygen atoms in total. The van der Waals surface area contributed by atoms with E-state index in [4.69, 9.17) is 10.2 Å². The van der Waals surface area contributed by atoms with Gasteiger partial charge in [-0.25, -0.2) is 4.39 Å². The minimum atomic E-state index is -0.579. The molecule has 0 fully saturated rings. The van der Waals surface area contributed by atoms with Crippen molar-refractivity contribution >= 4 is 11.8 Å². The molecule has 0 saturated carbocycles. The molecule has 1 atom stereocenters. The molecule has 2 amide bonds. The summed E-state index contributed by atoms with van der Waals surface area (Å²) in [5.74, 6) is -0.926. The maximum Gasteiger partial charge on any atom is 0.287 e. The fraction of sp³-hybridized carbons (Fsp3) is 0.294. The predicted molar refractivity (Wildman–Crippen MR) is 83.2 cm³/mol. The lowest BCUT2D eigenvalue weighted by Crippen LogP contribution is -2.37. The number of nitrogens with one attached hydrogen (secondary N) is 1. The van der Waals surface area contributed by atoms with Crippen molar-refractivity contribution in [1.29, 1.82) is 0 Å². The van der Waals surface area contributed by atoms with E-state index in [9.17, 15) is 14.0 Å². The molecule has 1 aromatic heterocycles. The lowest BCUT2D eigenvalue weighted by molar-refractivity contribution is -0.121. The van der Waals surface area contributed by atoms with Crippen LogP contribution in [0.1, 0.15) is 28.8 Å². The van der Waals surface area contributed by atoms with E-state index in [0.717, 1.165) is 5.56 Å². The third-order valence-corrected chi connectivity index (χ3v) is 3.54. The maximum absolute atomic E-state index is 12.9. The van der Waals surface area contributed by atoms with Crippen LogP contribution in [0.15, 0.2) is 40.8 Å². The molecule has 122 valence electrons. The SMILES string of the molecule is CCc1ccc(C(=O)NC[C@H](Cc2ccc(F)cc2)C(N)=O)o1. The third kappa shape index (κ3) is 4.67. The number of amides is 2. The molecule has 0 aliphatic rings. The number of hydrogen-bond donors (Lipinski definition) is 2. The molecule has 2 aromatic rings. The van der Waals surface area contributed by atoms with E-state index in [1.54, 1.807) is 24.3 Å². The summed E-state index contributed by atoms with van der Waals surface area (Å²) >= 11 is 0. The van der Waals surface area contributed by atoms with Crippen molar-refractivity contribution in [3.8, 4) is 0 Å². The number of primary amides is 1. The highest BCUT2D eigenvalue weighted by Gasteiger charge is 2.19. The number of carbonyl (C=O) groups excluding carboxylic acids is 2. The minimum absolute atomic E-state index is 0.0910. The highest BCUT2D eigenvalue weighted by Crippen LogP contribution is 2.11. The molecule has 0 radical (unpaired) electrons. The second kappa shape index (κ2) is 7.58. The zero-order valence-electron chi connectivity index (χ0n) is 12.8. The Balaban J connectivity index is 1.95. The maximum atomic E-state index is 12.9. The van der Waals surface area contributed by atoms with Crippen molar-refractivity contribution in [2.75, 3.05) is 6.54 Å². The van der Waals surface area contributed by atoms with Crippen LogP contribution >= 0.6 is 0 Å². The van der Waals surface area contributed by atoms with Crippen LogP contribution in [0.3, 0.4) is 0 Å². The van der Waals surface area contributed by atoms with Crippen LogP contribution in [0.5, 0.6) is 0 Å². The molecule has 0 unspecified atom stereocenters. The number of benzene rings is 1. The number of rotatable bonds is 7. The first kappa shape index (κ1) is 16.7. The van der Waals surface area contributed by atoms with E-state index in [-0.39, 0.29) is 18.1 Å². The molecule has 1 heterocycles. The Kier molecular flexibility index (Phi) is 5.51. The normalized spacial score (nSPS) is 11.9. The molecule has 3 N–H and O–H groups in total. The zero-order valence-corrected chi connectivity index (χ0v) is 12.8. The number of hydrogen-bond acceptors (Lipinski definition) is 3. The van der Waals surface area contributed by atoms with Gasteiger partial charge in [0.15, 0.2) is 5.76 Å². The van der Waals surface area contributed by atoms with Crippen LogP contribution < -0.4 is 11.1 Å². The summed E-state index contributed by atoms with van der Waals surface area (Å²) in [6.07, 6.45) is 1.02. The summed E-state index contributed by atoms with van der Waals surface area (Å²) in [4.78, 5) is 23.5. The van der Waals surface area contributed by atoms with E-state index in [1.807, 2.05) is 6.92 Å². The number of aryl methyl sites for hydroxylation is 1. The first-order chi connectivity index (χ1) is 11.0. The minimum Gasteiger partial charge on any atom is -0.456 e. The van der Waals surface area contributed by atoms with E-state index < -0.39 is 17.7 Å². The van der Waals surface area contributed by atoms with E-state index in [1.165, 1.54) is 12.1 Å². The van der Waals surface area contributed by atoms with Crippen molar-refractivity contribution in [3.63, 3.8) is 0 Å². The molecule has 23 heavy (non-hydrogen) atoms. The second-order valence-electron chi connectivity index (χ2n) is 5.26. The Hall–Kier alpha value is -2.63. The van der Waals surface area contributed by atoms with E-state index in [0.29, 0.717) is 18.6 Å².